The van der Waals surface area contributed by atoms with Crippen LogP contribution in [-0.4, -0.2) is 55.1 Å². The number of nitro groups is 1. The molecule has 0 N–H and O–H groups in total. The van der Waals surface area contributed by atoms with Crippen molar-refractivity contribution in [3.05, 3.63) is 32.3 Å². The van der Waals surface area contributed by atoms with Crippen molar-refractivity contribution in [2.75, 3.05) is 44.3 Å². The summed E-state index contributed by atoms with van der Waals surface area (Å²) in [6.07, 6.45) is 1.02. The molecule has 0 aromatic heterocycles. The number of nitro benzene ring substituents is 1. The maximum atomic E-state index is 12.5. The zero-order chi connectivity index (χ0) is 16.4. The molecule has 2 aliphatic rings. The van der Waals surface area contributed by atoms with E-state index in [1.54, 1.807) is 4.90 Å². The highest BCUT2D eigenvalue weighted by molar-refractivity contribution is 9.10. The Hall–Kier alpha value is -1.51. The summed E-state index contributed by atoms with van der Waals surface area (Å²) in [7, 11) is 0. The van der Waals surface area contributed by atoms with E-state index < -0.39 is 4.92 Å². The molecule has 8 heteroatoms. The molecule has 1 aromatic carbocycles. The summed E-state index contributed by atoms with van der Waals surface area (Å²) < 4.78 is 5.96. The lowest BCUT2D eigenvalue weighted by Crippen LogP contribution is -2.39. The highest BCUT2D eigenvalue weighted by Crippen LogP contribution is 2.39. The first-order valence-electron chi connectivity index (χ1n) is 7.63. The fraction of sp³-hybridized carbons (Fsp3) is 0.533. The second kappa shape index (κ2) is 6.94. The van der Waals surface area contributed by atoms with Crippen molar-refractivity contribution in [1.82, 2.24) is 4.90 Å². The van der Waals surface area contributed by atoms with Crippen molar-refractivity contribution >= 4 is 33.2 Å². The molecule has 0 atom stereocenters. The number of hydrogen-bond acceptors (Lipinski definition) is 5. The van der Waals surface area contributed by atoms with E-state index >= 15 is 0 Å². The van der Waals surface area contributed by atoms with Gasteiger partial charge in [-0.3, -0.25) is 19.8 Å². The van der Waals surface area contributed by atoms with Gasteiger partial charge in [0.05, 0.1) is 18.1 Å². The van der Waals surface area contributed by atoms with Crippen LogP contribution in [0.5, 0.6) is 0 Å². The Kier molecular flexibility index (Phi) is 4.93. The van der Waals surface area contributed by atoms with Gasteiger partial charge in [0.15, 0.2) is 0 Å². The van der Waals surface area contributed by atoms with Crippen LogP contribution in [0.2, 0.25) is 0 Å². The molecule has 3 rings (SSSR count). The highest BCUT2D eigenvalue weighted by Gasteiger charge is 2.32. The van der Waals surface area contributed by atoms with Crippen LogP contribution in [-0.2, 0) is 16.0 Å². The number of carbonyl (C=O) groups excluding carboxylic acids is 1. The third-order valence-electron chi connectivity index (χ3n) is 4.25. The molecule has 2 heterocycles. The van der Waals surface area contributed by atoms with Crippen molar-refractivity contribution in [3.8, 4) is 0 Å². The van der Waals surface area contributed by atoms with Gasteiger partial charge < -0.3 is 9.64 Å². The number of ether oxygens (including phenoxy) is 1. The van der Waals surface area contributed by atoms with E-state index in [2.05, 4.69) is 20.8 Å². The van der Waals surface area contributed by atoms with Crippen molar-refractivity contribution < 1.29 is 14.5 Å². The number of morpholine rings is 1. The maximum absolute atomic E-state index is 12.5. The maximum Gasteiger partial charge on any atom is 0.294 e. The lowest BCUT2D eigenvalue weighted by atomic mass is 10.1. The molecule has 0 aliphatic carbocycles. The SMILES string of the molecule is O=C(CCN1CCOCC1)N1CCc2cc(Br)cc([N+](=O)[O-])c21. The van der Waals surface area contributed by atoms with E-state index in [4.69, 9.17) is 4.74 Å². The van der Waals surface area contributed by atoms with Crippen LogP contribution in [0.1, 0.15) is 12.0 Å². The number of amides is 1. The van der Waals surface area contributed by atoms with Crippen LogP contribution in [0, 0.1) is 10.1 Å². The number of carbonyl (C=O) groups is 1. The molecular formula is C15H18BrN3O4. The summed E-state index contributed by atoms with van der Waals surface area (Å²) in [4.78, 5) is 27.2. The van der Waals surface area contributed by atoms with Gasteiger partial charge in [-0.25, -0.2) is 0 Å². The Balaban J connectivity index is 1.73. The molecule has 1 amide bonds. The Labute approximate surface area is 142 Å². The molecule has 23 heavy (non-hydrogen) atoms. The lowest BCUT2D eigenvalue weighted by molar-refractivity contribution is -0.384. The smallest absolute Gasteiger partial charge is 0.294 e. The monoisotopic (exact) mass is 383 g/mol. The van der Waals surface area contributed by atoms with Gasteiger partial charge in [-0.1, -0.05) is 15.9 Å². The second-order valence-electron chi connectivity index (χ2n) is 5.69. The molecule has 1 saturated heterocycles. The van der Waals surface area contributed by atoms with Crippen LogP contribution in [0.15, 0.2) is 16.6 Å². The van der Waals surface area contributed by atoms with Crippen LogP contribution >= 0.6 is 15.9 Å². The Morgan fingerprint density at radius 1 is 1.30 bits per heavy atom. The summed E-state index contributed by atoms with van der Waals surface area (Å²) in [5.41, 5.74) is 1.31. The van der Waals surface area contributed by atoms with Crippen molar-refractivity contribution in [3.63, 3.8) is 0 Å². The first kappa shape index (κ1) is 16.4. The number of fused-ring (bicyclic) bond motifs is 1. The van der Waals surface area contributed by atoms with Gasteiger partial charge in [0.1, 0.15) is 5.69 Å². The largest absolute Gasteiger partial charge is 0.379 e. The van der Waals surface area contributed by atoms with Gasteiger partial charge in [-0.05, 0) is 18.1 Å². The Morgan fingerprint density at radius 2 is 2.04 bits per heavy atom. The zero-order valence-electron chi connectivity index (χ0n) is 12.7. The molecule has 0 unspecified atom stereocenters. The molecule has 1 fully saturated rings. The molecule has 0 radical (unpaired) electrons. The number of benzene rings is 1. The molecule has 0 spiro atoms. The fourth-order valence-corrected chi connectivity index (χ4v) is 3.58. The summed E-state index contributed by atoms with van der Waals surface area (Å²) >= 11 is 3.30. The molecule has 7 nitrogen and oxygen atoms in total. The van der Waals surface area contributed by atoms with Gasteiger partial charge in [-0.15, -0.1) is 0 Å². The molecule has 124 valence electrons. The quantitative estimate of drug-likeness (QED) is 0.586. The minimum Gasteiger partial charge on any atom is -0.379 e. The van der Waals surface area contributed by atoms with E-state index in [0.717, 1.165) is 18.7 Å². The number of hydrogen-bond donors (Lipinski definition) is 0. The normalized spacial score (nSPS) is 18.0. The first-order valence-corrected chi connectivity index (χ1v) is 8.43. The summed E-state index contributed by atoms with van der Waals surface area (Å²) in [6.45, 7) is 4.22. The van der Waals surface area contributed by atoms with Gasteiger partial charge in [0, 0.05) is 43.1 Å². The van der Waals surface area contributed by atoms with Crippen molar-refractivity contribution in [2.45, 2.75) is 12.8 Å². The average Bonchev–Trinajstić information content (AvgIpc) is 2.96. The van der Waals surface area contributed by atoms with Gasteiger partial charge in [-0.2, -0.15) is 0 Å². The van der Waals surface area contributed by atoms with Crippen molar-refractivity contribution in [2.24, 2.45) is 0 Å². The lowest BCUT2D eigenvalue weighted by Gasteiger charge is -2.27. The summed E-state index contributed by atoms with van der Waals surface area (Å²) in [5, 5.41) is 11.3. The summed E-state index contributed by atoms with van der Waals surface area (Å²) in [5.74, 6) is -0.0549. The van der Waals surface area contributed by atoms with Crippen LogP contribution in [0.25, 0.3) is 0 Å². The van der Waals surface area contributed by atoms with Crippen molar-refractivity contribution in [1.29, 1.82) is 0 Å². The van der Waals surface area contributed by atoms with E-state index in [0.29, 0.717) is 49.3 Å². The number of anilines is 1. The van der Waals surface area contributed by atoms with Gasteiger partial charge >= 0.3 is 0 Å². The third kappa shape index (κ3) is 3.54. The van der Waals surface area contributed by atoms with Crippen LogP contribution < -0.4 is 4.90 Å². The third-order valence-corrected chi connectivity index (χ3v) is 4.71. The van der Waals surface area contributed by atoms with Gasteiger partial charge in [0.2, 0.25) is 5.91 Å². The first-order chi connectivity index (χ1) is 11.1. The topological polar surface area (TPSA) is 75.9 Å². The number of nitrogens with zero attached hydrogens (tertiary/aromatic N) is 3. The summed E-state index contributed by atoms with van der Waals surface area (Å²) in [6, 6.07) is 3.32. The molecular weight excluding hydrogens is 366 g/mol. The second-order valence-corrected chi connectivity index (χ2v) is 6.60. The Morgan fingerprint density at radius 3 is 2.74 bits per heavy atom. The van der Waals surface area contributed by atoms with Crippen LogP contribution in [0.3, 0.4) is 0 Å². The zero-order valence-corrected chi connectivity index (χ0v) is 14.3. The van der Waals surface area contributed by atoms with E-state index in [1.807, 2.05) is 6.07 Å². The standard InChI is InChI=1S/C15H18BrN3O4/c16-12-9-11-1-4-18(15(11)13(10-12)19(21)22)14(20)2-3-17-5-7-23-8-6-17/h9-10H,1-8H2. The minimum absolute atomic E-state index is 0.00778. The van der Waals surface area contributed by atoms with Crippen LogP contribution in [0.4, 0.5) is 11.4 Å². The molecule has 2 aliphatic heterocycles. The minimum atomic E-state index is -0.419. The van der Waals surface area contributed by atoms with Gasteiger partial charge in [0.25, 0.3) is 5.69 Å². The molecule has 0 saturated carbocycles. The fourth-order valence-electron chi connectivity index (χ4n) is 3.09. The van der Waals surface area contributed by atoms with E-state index in [-0.39, 0.29) is 11.6 Å². The Bertz CT molecular complexity index is 631. The van der Waals surface area contributed by atoms with E-state index in [1.165, 1.54) is 6.07 Å². The molecule has 1 aromatic rings. The molecule has 0 bridgehead atoms. The average molecular weight is 384 g/mol. The highest BCUT2D eigenvalue weighted by atomic mass is 79.9. The van der Waals surface area contributed by atoms with E-state index in [9.17, 15) is 14.9 Å². The number of rotatable bonds is 4. The number of halogens is 1. The predicted molar refractivity (Wildman–Crippen MR) is 88.7 cm³/mol. The predicted octanol–water partition coefficient (Wildman–Crippen LogP) is 1.97.